The first-order valence-electron chi connectivity index (χ1n) is 3.40. The van der Waals surface area contributed by atoms with Crippen LogP contribution in [-0.2, 0) is 0 Å². The maximum atomic E-state index is 8.63. The summed E-state index contributed by atoms with van der Waals surface area (Å²) in [4.78, 5) is 2.08. The first kappa shape index (κ1) is 11.9. The van der Waals surface area contributed by atoms with Crippen LogP contribution in [0.1, 0.15) is 6.42 Å². The molecule has 0 aromatic heterocycles. The highest BCUT2D eigenvalue weighted by Gasteiger charge is 1.95. The normalized spacial score (nSPS) is 12.8. The molecule has 0 fully saturated rings. The molecule has 0 saturated heterocycles. The number of rotatable bonds is 6. The first-order chi connectivity index (χ1) is 5.35. The zero-order valence-corrected chi connectivity index (χ0v) is 9.41. The van der Waals surface area contributed by atoms with Gasteiger partial charge in [-0.25, -0.2) is 0 Å². The predicted molar refractivity (Wildman–Crippen MR) is 59.8 cm³/mol. The van der Waals surface area contributed by atoms with Crippen molar-refractivity contribution in [2.75, 3.05) is 19.4 Å². The topological polar surface area (TPSA) is 40.5 Å². The Kier molecular flexibility index (Phi) is 9.70. The molecule has 0 aromatic carbocycles. The highest BCUT2D eigenvalue weighted by atomic mass is 127. The Bertz CT molecular complexity index is 121. The summed E-state index contributed by atoms with van der Waals surface area (Å²) in [5.74, 6) is 0. The van der Waals surface area contributed by atoms with Gasteiger partial charge in [0.05, 0.1) is 6.61 Å². The van der Waals surface area contributed by atoms with Crippen LogP contribution >= 0.6 is 30.8 Å². The van der Waals surface area contributed by atoms with Gasteiger partial charge in [0.1, 0.15) is 0 Å². The SMILES string of the molecule is OCC=C(CCO)CP[B]I. The van der Waals surface area contributed by atoms with Crippen LogP contribution in [-0.4, -0.2) is 34.4 Å². The first-order valence-corrected chi connectivity index (χ1v) is 5.93. The van der Waals surface area contributed by atoms with E-state index < -0.39 is 0 Å². The molecule has 63 valence electrons. The molecule has 11 heavy (non-hydrogen) atoms. The Morgan fingerprint density at radius 2 is 2.27 bits per heavy atom. The van der Waals surface area contributed by atoms with Gasteiger partial charge in [-0.3, -0.25) is 0 Å². The third-order valence-corrected chi connectivity index (χ3v) is 3.35. The van der Waals surface area contributed by atoms with E-state index >= 15 is 0 Å². The van der Waals surface area contributed by atoms with Gasteiger partial charge in [0, 0.05) is 6.61 Å². The molecule has 1 atom stereocenters. The van der Waals surface area contributed by atoms with Gasteiger partial charge in [-0.15, -0.1) is 8.46 Å². The van der Waals surface area contributed by atoms with Gasteiger partial charge in [0.25, 0.3) is 0 Å². The number of aliphatic hydroxyl groups excluding tert-OH is 2. The summed E-state index contributed by atoms with van der Waals surface area (Å²) in [6.45, 7) is 0.263. The number of hydrogen-bond donors (Lipinski definition) is 2. The number of halogens is 1. The van der Waals surface area contributed by atoms with E-state index in [-0.39, 0.29) is 13.2 Å². The second-order valence-corrected chi connectivity index (χ2v) is 4.86. The van der Waals surface area contributed by atoms with E-state index in [1.54, 1.807) is 6.08 Å². The Morgan fingerprint density at radius 3 is 2.73 bits per heavy atom. The predicted octanol–water partition coefficient (Wildman–Crippen LogP) is 0.935. The molecule has 0 aliphatic heterocycles. The Balaban J connectivity index is 3.60. The van der Waals surface area contributed by atoms with Gasteiger partial charge in [-0.2, -0.15) is 22.4 Å². The van der Waals surface area contributed by atoms with Crippen molar-refractivity contribution in [1.29, 1.82) is 0 Å². The molecular weight excluding hydrogens is 273 g/mol. The molecule has 1 unspecified atom stereocenters. The summed E-state index contributed by atoms with van der Waals surface area (Å²) < 4.78 is 0. The Labute approximate surface area is 83.3 Å². The van der Waals surface area contributed by atoms with Crippen molar-refractivity contribution in [3.05, 3.63) is 11.6 Å². The molecule has 0 aromatic rings. The van der Waals surface area contributed by atoms with Crippen molar-refractivity contribution in [2.45, 2.75) is 6.42 Å². The van der Waals surface area contributed by atoms with E-state index in [1.165, 1.54) is 0 Å². The second-order valence-electron chi connectivity index (χ2n) is 2.01. The Hall–Kier alpha value is 0.885. The van der Waals surface area contributed by atoms with Crippen LogP contribution in [0.25, 0.3) is 0 Å². The van der Waals surface area contributed by atoms with E-state index in [1.807, 2.05) is 0 Å². The highest BCUT2D eigenvalue weighted by Crippen LogP contribution is 2.17. The molecular formula is C6H12BIO2P. The third kappa shape index (κ3) is 7.25. The quantitative estimate of drug-likeness (QED) is 0.330. The molecule has 2 nitrogen and oxygen atoms in total. The molecule has 0 spiro atoms. The number of hydrogen-bond acceptors (Lipinski definition) is 2. The van der Waals surface area contributed by atoms with E-state index in [4.69, 9.17) is 10.2 Å². The summed E-state index contributed by atoms with van der Waals surface area (Å²) in [6, 6.07) is 0. The minimum atomic E-state index is 0.0844. The van der Waals surface area contributed by atoms with Crippen LogP contribution in [0.15, 0.2) is 11.6 Å². The van der Waals surface area contributed by atoms with E-state index in [0.717, 1.165) is 20.2 Å². The minimum absolute atomic E-state index is 0.0844. The fourth-order valence-electron chi connectivity index (χ4n) is 0.705. The molecule has 0 bridgehead atoms. The summed E-state index contributed by atoms with van der Waals surface area (Å²) in [7, 11) is 0.786. The molecule has 2 N–H and O–H groups in total. The average molecular weight is 285 g/mol. The molecule has 0 heterocycles. The lowest BCUT2D eigenvalue weighted by atomic mass is 10.2. The van der Waals surface area contributed by atoms with E-state index in [0.29, 0.717) is 6.42 Å². The molecule has 0 amide bonds. The van der Waals surface area contributed by atoms with Crippen molar-refractivity contribution < 1.29 is 10.2 Å². The van der Waals surface area contributed by atoms with Crippen LogP contribution in [0.3, 0.4) is 0 Å². The van der Waals surface area contributed by atoms with Gasteiger partial charge in [0.2, 0.25) is 4.86 Å². The van der Waals surface area contributed by atoms with Gasteiger partial charge < -0.3 is 10.2 Å². The molecule has 1 radical (unpaired) electrons. The molecule has 0 rings (SSSR count). The maximum Gasteiger partial charge on any atom is 0.230 e. The third-order valence-electron chi connectivity index (χ3n) is 1.22. The zero-order valence-electron chi connectivity index (χ0n) is 6.26. The van der Waals surface area contributed by atoms with Crippen LogP contribution in [0.2, 0.25) is 0 Å². The van der Waals surface area contributed by atoms with Crippen LogP contribution < -0.4 is 0 Å². The van der Waals surface area contributed by atoms with Gasteiger partial charge >= 0.3 is 0 Å². The summed E-state index contributed by atoms with van der Waals surface area (Å²) in [6.07, 6.45) is 3.45. The average Bonchev–Trinajstić information content (AvgIpc) is 2.01. The second kappa shape index (κ2) is 8.98. The van der Waals surface area contributed by atoms with E-state index in [2.05, 4.69) is 27.2 Å². The summed E-state index contributed by atoms with van der Waals surface area (Å²) >= 11 is 2.21. The van der Waals surface area contributed by atoms with Crippen LogP contribution in [0.5, 0.6) is 0 Å². The maximum absolute atomic E-state index is 8.63. The zero-order chi connectivity index (χ0) is 8.53. The smallest absolute Gasteiger partial charge is 0.230 e. The summed E-state index contributed by atoms with van der Waals surface area (Å²) in [5.41, 5.74) is 1.15. The largest absolute Gasteiger partial charge is 0.396 e. The van der Waals surface area contributed by atoms with Crippen molar-refractivity contribution in [1.82, 2.24) is 0 Å². The van der Waals surface area contributed by atoms with Gasteiger partial charge in [0.15, 0.2) is 0 Å². The summed E-state index contributed by atoms with van der Waals surface area (Å²) in [5, 5.41) is 17.2. The van der Waals surface area contributed by atoms with Crippen molar-refractivity contribution in [3.8, 4) is 0 Å². The lowest BCUT2D eigenvalue weighted by Gasteiger charge is -2.02. The molecule has 5 heteroatoms. The molecule has 0 saturated carbocycles. The van der Waals surface area contributed by atoms with E-state index in [9.17, 15) is 0 Å². The lowest BCUT2D eigenvalue weighted by Crippen LogP contribution is -1.93. The lowest BCUT2D eigenvalue weighted by molar-refractivity contribution is 0.298. The van der Waals surface area contributed by atoms with Crippen molar-refractivity contribution in [3.63, 3.8) is 0 Å². The fraction of sp³-hybridized carbons (Fsp3) is 0.667. The van der Waals surface area contributed by atoms with Crippen molar-refractivity contribution in [2.24, 2.45) is 0 Å². The Morgan fingerprint density at radius 1 is 1.55 bits per heavy atom. The molecule has 0 aliphatic rings. The standard InChI is InChI=1S/C6H12BIO2P/c8-7-11-5-6(1-3-9)2-4-10/h1,9-11H,2-5H2. The number of aliphatic hydroxyl groups is 2. The monoisotopic (exact) mass is 285 g/mol. The highest BCUT2D eigenvalue weighted by molar-refractivity contribution is 14.1. The van der Waals surface area contributed by atoms with Crippen LogP contribution in [0.4, 0.5) is 0 Å². The molecule has 0 aliphatic carbocycles. The minimum Gasteiger partial charge on any atom is -0.396 e. The van der Waals surface area contributed by atoms with Crippen LogP contribution in [0, 0.1) is 0 Å². The van der Waals surface area contributed by atoms with Crippen molar-refractivity contribution >= 4 is 35.7 Å². The fourth-order valence-corrected chi connectivity index (χ4v) is 2.03. The van der Waals surface area contributed by atoms with Gasteiger partial charge in [-0.1, -0.05) is 11.6 Å². The van der Waals surface area contributed by atoms with Gasteiger partial charge in [-0.05, 0) is 12.6 Å².